The fraction of sp³-hybridized carbons (Fsp3) is 0.188. The predicted molar refractivity (Wildman–Crippen MR) is 89.4 cm³/mol. The number of nitrogens with two attached hydrogens (primary N) is 1. The molecule has 0 aliphatic carbocycles. The van der Waals surface area contributed by atoms with Gasteiger partial charge in [0.25, 0.3) is 0 Å². The Kier molecular flexibility index (Phi) is 5.04. The van der Waals surface area contributed by atoms with E-state index in [9.17, 15) is 0 Å². The molecule has 2 aromatic rings. The fourth-order valence-corrected chi connectivity index (χ4v) is 2.34. The van der Waals surface area contributed by atoms with Crippen molar-refractivity contribution in [1.29, 1.82) is 0 Å². The molecule has 3 nitrogen and oxygen atoms in total. The zero-order chi connectivity index (χ0) is 15.4. The molecule has 0 fully saturated rings. The van der Waals surface area contributed by atoms with Crippen molar-refractivity contribution in [2.24, 2.45) is 5.73 Å². The molecule has 21 heavy (non-hydrogen) atoms. The van der Waals surface area contributed by atoms with E-state index in [4.69, 9.17) is 39.0 Å². The van der Waals surface area contributed by atoms with Crippen LogP contribution in [0, 0.1) is 6.92 Å². The Morgan fingerprint density at radius 3 is 2.67 bits per heavy atom. The van der Waals surface area contributed by atoms with Gasteiger partial charge >= 0.3 is 0 Å². The van der Waals surface area contributed by atoms with Crippen LogP contribution in [0.1, 0.15) is 16.7 Å². The van der Waals surface area contributed by atoms with E-state index in [1.54, 1.807) is 19.2 Å². The van der Waals surface area contributed by atoms with E-state index in [-0.39, 0.29) is 4.99 Å². The van der Waals surface area contributed by atoms with Crippen molar-refractivity contribution in [3.05, 3.63) is 58.1 Å². The van der Waals surface area contributed by atoms with Crippen LogP contribution in [-0.2, 0) is 6.61 Å². The summed E-state index contributed by atoms with van der Waals surface area (Å²) < 4.78 is 11.1. The maximum Gasteiger partial charge on any atom is 0.180 e. The first-order chi connectivity index (χ1) is 10.0. The third-order valence-corrected chi connectivity index (χ3v) is 3.50. The van der Waals surface area contributed by atoms with E-state index in [0.717, 1.165) is 5.56 Å². The predicted octanol–water partition coefficient (Wildman–Crippen LogP) is 3.87. The summed E-state index contributed by atoms with van der Waals surface area (Å²) >= 11 is 11.2. The van der Waals surface area contributed by atoms with Gasteiger partial charge in [0.15, 0.2) is 11.5 Å². The molecule has 0 saturated heterocycles. The molecule has 0 radical (unpaired) electrons. The molecule has 0 amide bonds. The standard InChI is InChI=1S/C16H16ClNO2S/c1-10-4-3-5-11(6-10)9-20-15-13(17)7-12(16(18)21)8-14(15)19-2/h3-8H,9H2,1-2H3,(H2,18,21). The van der Waals surface area contributed by atoms with E-state index in [0.29, 0.717) is 28.7 Å². The number of ether oxygens (including phenoxy) is 2. The Morgan fingerprint density at radius 2 is 2.05 bits per heavy atom. The molecule has 0 aromatic heterocycles. The number of rotatable bonds is 5. The molecule has 0 heterocycles. The first-order valence-corrected chi connectivity index (χ1v) is 7.15. The summed E-state index contributed by atoms with van der Waals surface area (Å²) in [6.07, 6.45) is 0. The molecule has 0 atom stereocenters. The summed E-state index contributed by atoms with van der Waals surface area (Å²) in [6, 6.07) is 11.5. The van der Waals surface area contributed by atoms with Gasteiger partial charge in [0.1, 0.15) is 11.6 Å². The number of thiocarbonyl (C=S) groups is 1. The minimum atomic E-state index is 0.264. The van der Waals surface area contributed by atoms with Gasteiger partial charge < -0.3 is 15.2 Å². The molecular formula is C16H16ClNO2S. The topological polar surface area (TPSA) is 44.5 Å². The lowest BCUT2D eigenvalue weighted by Gasteiger charge is -2.14. The molecule has 110 valence electrons. The van der Waals surface area contributed by atoms with Crippen LogP contribution in [0.2, 0.25) is 5.02 Å². The van der Waals surface area contributed by atoms with Crippen molar-refractivity contribution >= 4 is 28.8 Å². The Balaban J connectivity index is 2.25. The summed E-state index contributed by atoms with van der Waals surface area (Å²) in [6.45, 7) is 2.44. The van der Waals surface area contributed by atoms with Crippen LogP contribution in [-0.4, -0.2) is 12.1 Å². The summed E-state index contributed by atoms with van der Waals surface area (Å²) in [7, 11) is 1.55. The molecule has 0 aliphatic heterocycles. The lowest BCUT2D eigenvalue weighted by Crippen LogP contribution is -2.10. The van der Waals surface area contributed by atoms with Crippen molar-refractivity contribution < 1.29 is 9.47 Å². The second-order valence-corrected chi connectivity index (χ2v) is 5.48. The second kappa shape index (κ2) is 6.78. The number of hydrogen-bond acceptors (Lipinski definition) is 3. The summed E-state index contributed by atoms with van der Waals surface area (Å²) in [5.41, 5.74) is 8.50. The summed E-state index contributed by atoms with van der Waals surface area (Å²) in [4.78, 5) is 0.264. The quantitative estimate of drug-likeness (QED) is 0.849. The molecule has 0 aliphatic rings. The fourth-order valence-electron chi connectivity index (χ4n) is 1.96. The summed E-state index contributed by atoms with van der Waals surface area (Å²) in [5, 5.41) is 0.421. The third-order valence-electron chi connectivity index (χ3n) is 2.98. The first kappa shape index (κ1) is 15.6. The van der Waals surface area contributed by atoms with Gasteiger partial charge in [0.2, 0.25) is 0 Å². The van der Waals surface area contributed by atoms with Crippen LogP contribution < -0.4 is 15.2 Å². The molecular weight excluding hydrogens is 306 g/mol. The van der Waals surface area contributed by atoms with E-state index in [2.05, 4.69) is 6.07 Å². The van der Waals surface area contributed by atoms with Gasteiger partial charge in [0.05, 0.1) is 12.1 Å². The molecule has 0 saturated carbocycles. The van der Waals surface area contributed by atoms with Gasteiger partial charge in [0, 0.05) is 5.56 Å². The van der Waals surface area contributed by atoms with Crippen molar-refractivity contribution in [3.8, 4) is 11.5 Å². The largest absolute Gasteiger partial charge is 0.493 e. The first-order valence-electron chi connectivity index (χ1n) is 6.37. The maximum atomic E-state index is 6.23. The highest BCUT2D eigenvalue weighted by molar-refractivity contribution is 7.80. The minimum Gasteiger partial charge on any atom is -0.493 e. The zero-order valence-electron chi connectivity index (χ0n) is 11.9. The lowest BCUT2D eigenvalue weighted by atomic mass is 10.1. The van der Waals surface area contributed by atoms with Crippen LogP contribution in [0.15, 0.2) is 36.4 Å². The van der Waals surface area contributed by atoms with Crippen LogP contribution in [0.25, 0.3) is 0 Å². The number of methoxy groups -OCH3 is 1. The zero-order valence-corrected chi connectivity index (χ0v) is 13.4. The normalized spacial score (nSPS) is 10.2. The lowest BCUT2D eigenvalue weighted by molar-refractivity contribution is 0.284. The molecule has 2 rings (SSSR count). The number of aryl methyl sites for hydroxylation is 1. The maximum absolute atomic E-state index is 6.23. The highest BCUT2D eigenvalue weighted by Gasteiger charge is 2.13. The SMILES string of the molecule is COc1cc(C(N)=S)cc(Cl)c1OCc1cccc(C)c1. The molecule has 0 unspecified atom stereocenters. The second-order valence-electron chi connectivity index (χ2n) is 4.63. The van der Waals surface area contributed by atoms with Crippen molar-refractivity contribution in [2.75, 3.05) is 7.11 Å². The Bertz CT molecular complexity index is 673. The Morgan fingerprint density at radius 1 is 1.29 bits per heavy atom. The minimum absolute atomic E-state index is 0.264. The van der Waals surface area contributed by atoms with Crippen LogP contribution >= 0.6 is 23.8 Å². The Labute approximate surface area is 134 Å². The van der Waals surface area contributed by atoms with Gasteiger partial charge in [-0.15, -0.1) is 0 Å². The summed E-state index contributed by atoms with van der Waals surface area (Å²) in [5.74, 6) is 0.999. The van der Waals surface area contributed by atoms with Crippen LogP contribution in [0.4, 0.5) is 0 Å². The number of hydrogen-bond donors (Lipinski definition) is 1. The third kappa shape index (κ3) is 3.86. The molecule has 0 bridgehead atoms. The monoisotopic (exact) mass is 321 g/mol. The van der Waals surface area contributed by atoms with Gasteiger partial charge in [-0.05, 0) is 24.6 Å². The van der Waals surface area contributed by atoms with E-state index >= 15 is 0 Å². The number of halogens is 1. The van der Waals surface area contributed by atoms with Crippen molar-refractivity contribution in [3.63, 3.8) is 0 Å². The van der Waals surface area contributed by atoms with Crippen LogP contribution in [0.5, 0.6) is 11.5 Å². The van der Waals surface area contributed by atoms with Gasteiger partial charge in [-0.2, -0.15) is 0 Å². The van der Waals surface area contributed by atoms with E-state index < -0.39 is 0 Å². The van der Waals surface area contributed by atoms with Gasteiger partial charge in [-0.25, -0.2) is 0 Å². The van der Waals surface area contributed by atoms with E-state index in [1.165, 1.54) is 5.56 Å². The van der Waals surface area contributed by atoms with Crippen molar-refractivity contribution in [1.82, 2.24) is 0 Å². The van der Waals surface area contributed by atoms with Gasteiger partial charge in [-0.3, -0.25) is 0 Å². The Hall–Kier alpha value is -1.78. The van der Waals surface area contributed by atoms with Gasteiger partial charge in [-0.1, -0.05) is 53.6 Å². The number of benzene rings is 2. The molecule has 2 N–H and O–H groups in total. The van der Waals surface area contributed by atoms with Crippen molar-refractivity contribution in [2.45, 2.75) is 13.5 Å². The average Bonchev–Trinajstić information content (AvgIpc) is 2.45. The molecule has 2 aromatic carbocycles. The molecule has 5 heteroatoms. The highest BCUT2D eigenvalue weighted by atomic mass is 35.5. The average molecular weight is 322 g/mol. The van der Waals surface area contributed by atoms with E-state index in [1.807, 2.05) is 25.1 Å². The molecule has 0 spiro atoms. The smallest absolute Gasteiger partial charge is 0.180 e. The van der Waals surface area contributed by atoms with Crippen LogP contribution in [0.3, 0.4) is 0 Å². The highest BCUT2D eigenvalue weighted by Crippen LogP contribution is 2.37.